The van der Waals surface area contributed by atoms with Crippen LogP contribution in [0.1, 0.15) is 25.7 Å². The number of aryl methyl sites for hydroxylation is 1. The quantitative estimate of drug-likeness (QED) is 0.505. The zero-order valence-electron chi connectivity index (χ0n) is 7.85. The van der Waals surface area contributed by atoms with Crippen molar-refractivity contribution < 1.29 is 19.1 Å². The molecule has 0 amide bonds. The molecule has 0 bridgehead atoms. The van der Waals surface area contributed by atoms with E-state index in [4.69, 9.17) is 10.8 Å². The molecule has 78 valence electrons. The van der Waals surface area contributed by atoms with Crippen LogP contribution >= 0.6 is 0 Å². The third kappa shape index (κ3) is 3.88. The minimum absolute atomic E-state index is 0.228. The zero-order chi connectivity index (χ0) is 10.4. The van der Waals surface area contributed by atoms with Crippen molar-refractivity contribution in [3.8, 4) is 0 Å². The van der Waals surface area contributed by atoms with E-state index in [2.05, 4.69) is 9.79 Å². The highest BCUT2D eigenvalue weighted by molar-refractivity contribution is 5.66. The van der Waals surface area contributed by atoms with E-state index < -0.39 is 5.97 Å². The summed E-state index contributed by atoms with van der Waals surface area (Å²) in [5.41, 5.74) is 5.32. The van der Waals surface area contributed by atoms with Gasteiger partial charge in [0.15, 0.2) is 6.54 Å². The van der Waals surface area contributed by atoms with Gasteiger partial charge >= 0.3 is 5.97 Å². The average molecular weight is 200 g/mol. The summed E-state index contributed by atoms with van der Waals surface area (Å²) < 4.78 is 6.26. The van der Waals surface area contributed by atoms with Crippen LogP contribution < -0.4 is 10.4 Å². The van der Waals surface area contributed by atoms with Gasteiger partial charge in [-0.1, -0.05) is 4.68 Å². The molecule has 0 unspecified atom stereocenters. The van der Waals surface area contributed by atoms with Crippen molar-refractivity contribution in [3.63, 3.8) is 0 Å². The van der Waals surface area contributed by atoms with Crippen LogP contribution in [0.4, 0.5) is 5.88 Å². The lowest BCUT2D eigenvalue weighted by molar-refractivity contribution is -0.762. The van der Waals surface area contributed by atoms with E-state index in [1.54, 1.807) is 10.9 Å². The Morgan fingerprint density at radius 2 is 2.36 bits per heavy atom. The molecular weight excluding hydrogens is 186 g/mol. The SMILES string of the molecule is Nc1c[n+](CCCCCC(=O)O)no1. The Morgan fingerprint density at radius 3 is 2.93 bits per heavy atom. The number of unbranched alkanes of at least 4 members (excludes halogenated alkanes) is 2. The predicted molar refractivity (Wildman–Crippen MR) is 47.2 cm³/mol. The molecule has 0 aliphatic rings. The first-order valence-electron chi connectivity index (χ1n) is 4.52. The highest BCUT2D eigenvalue weighted by Gasteiger charge is 2.07. The van der Waals surface area contributed by atoms with Crippen LogP contribution in [-0.4, -0.2) is 16.3 Å². The Kier molecular flexibility index (Phi) is 3.90. The fourth-order valence-corrected chi connectivity index (χ4v) is 1.13. The number of carboxylic acids is 1. The number of nitrogen functional groups attached to an aromatic ring is 1. The highest BCUT2D eigenvalue weighted by Crippen LogP contribution is 1.99. The first kappa shape index (κ1) is 10.5. The number of nitrogens with two attached hydrogens (primary N) is 1. The zero-order valence-corrected chi connectivity index (χ0v) is 7.85. The number of hydrogen-bond acceptors (Lipinski definition) is 4. The standard InChI is InChI=1S/C8H13N3O3/c9-7-6-11(10-14-7)5-3-1-2-4-8(12)13/h6H,1-5H2,(H2-,9,10,12,13)/p+1. The molecule has 1 heterocycles. The topological polar surface area (TPSA) is 93.2 Å². The molecule has 0 atom stereocenters. The molecule has 0 saturated heterocycles. The Bertz CT molecular complexity index is 298. The molecule has 0 aliphatic heterocycles. The summed E-state index contributed by atoms with van der Waals surface area (Å²) in [7, 11) is 0. The normalized spacial score (nSPS) is 10.3. The second-order valence-corrected chi connectivity index (χ2v) is 3.07. The van der Waals surface area contributed by atoms with Crippen molar-refractivity contribution in [3.05, 3.63) is 6.20 Å². The van der Waals surface area contributed by atoms with Gasteiger partial charge < -0.3 is 10.8 Å². The van der Waals surface area contributed by atoms with Crippen molar-refractivity contribution in [2.75, 3.05) is 5.73 Å². The van der Waals surface area contributed by atoms with Crippen LogP contribution in [0.25, 0.3) is 0 Å². The van der Waals surface area contributed by atoms with Crippen molar-refractivity contribution >= 4 is 11.9 Å². The first-order valence-corrected chi connectivity index (χ1v) is 4.52. The van der Waals surface area contributed by atoms with Gasteiger partial charge in [0.05, 0.1) is 0 Å². The van der Waals surface area contributed by atoms with Crippen LogP contribution in [-0.2, 0) is 11.3 Å². The van der Waals surface area contributed by atoms with E-state index in [1.165, 1.54) is 0 Å². The molecule has 6 heteroatoms. The minimum Gasteiger partial charge on any atom is -0.481 e. The van der Waals surface area contributed by atoms with Gasteiger partial charge in [-0.15, -0.1) is 0 Å². The van der Waals surface area contributed by atoms with Crippen molar-refractivity contribution in [2.45, 2.75) is 32.2 Å². The molecule has 1 aromatic rings. The molecule has 0 spiro atoms. The molecular formula is C8H14N3O3+. The van der Waals surface area contributed by atoms with Crippen LogP contribution in [0.2, 0.25) is 0 Å². The molecule has 1 rings (SSSR count). The lowest BCUT2D eigenvalue weighted by atomic mass is 10.2. The van der Waals surface area contributed by atoms with Crippen LogP contribution in [0, 0.1) is 0 Å². The predicted octanol–water partition coefficient (Wildman–Crippen LogP) is 0.189. The Labute approximate surface area is 81.3 Å². The van der Waals surface area contributed by atoms with Crippen molar-refractivity contribution in [1.29, 1.82) is 0 Å². The largest absolute Gasteiger partial charge is 0.481 e. The van der Waals surface area contributed by atoms with Gasteiger partial charge in [-0.3, -0.25) is 9.32 Å². The molecule has 3 N–H and O–H groups in total. The Balaban J connectivity index is 2.07. The maximum atomic E-state index is 10.2. The number of hydrogen-bond donors (Lipinski definition) is 2. The summed E-state index contributed by atoms with van der Waals surface area (Å²) >= 11 is 0. The van der Waals surface area contributed by atoms with Crippen molar-refractivity contribution in [1.82, 2.24) is 5.27 Å². The number of aliphatic carboxylic acids is 1. The summed E-state index contributed by atoms with van der Waals surface area (Å²) in [6.45, 7) is 0.709. The lowest BCUT2D eigenvalue weighted by Crippen LogP contribution is -2.34. The summed E-state index contributed by atoms with van der Waals surface area (Å²) in [5, 5.41) is 12.0. The molecule has 14 heavy (non-hydrogen) atoms. The number of anilines is 1. The van der Waals surface area contributed by atoms with Gasteiger partial charge in [-0.05, 0) is 12.8 Å². The fourth-order valence-electron chi connectivity index (χ4n) is 1.13. The van der Waals surface area contributed by atoms with Gasteiger partial charge in [0.2, 0.25) is 5.27 Å². The molecule has 0 radical (unpaired) electrons. The summed E-state index contributed by atoms with van der Waals surface area (Å²) in [6, 6.07) is 0. The summed E-state index contributed by atoms with van der Waals surface area (Å²) in [5.74, 6) is -0.459. The molecule has 0 fully saturated rings. The van der Waals surface area contributed by atoms with Gasteiger partial charge in [-0.25, -0.2) is 0 Å². The number of aromatic nitrogens is 2. The van der Waals surface area contributed by atoms with E-state index in [-0.39, 0.29) is 12.3 Å². The van der Waals surface area contributed by atoms with Gasteiger partial charge in [-0.2, -0.15) is 0 Å². The highest BCUT2D eigenvalue weighted by atomic mass is 16.5. The molecule has 0 aliphatic carbocycles. The summed E-state index contributed by atoms with van der Waals surface area (Å²) in [6.07, 6.45) is 4.28. The average Bonchev–Trinajstić information content (AvgIpc) is 2.50. The van der Waals surface area contributed by atoms with E-state index in [9.17, 15) is 4.79 Å². The van der Waals surface area contributed by atoms with Crippen LogP contribution in [0.15, 0.2) is 10.7 Å². The van der Waals surface area contributed by atoms with Gasteiger partial charge in [0.1, 0.15) is 0 Å². The second-order valence-electron chi connectivity index (χ2n) is 3.07. The Morgan fingerprint density at radius 1 is 1.57 bits per heavy atom. The van der Waals surface area contributed by atoms with E-state index >= 15 is 0 Å². The monoisotopic (exact) mass is 200 g/mol. The van der Waals surface area contributed by atoms with Crippen molar-refractivity contribution in [2.24, 2.45) is 0 Å². The number of rotatable bonds is 6. The summed E-state index contributed by atoms with van der Waals surface area (Å²) in [4.78, 5) is 10.2. The van der Waals surface area contributed by atoms with Gasteiger partial charge in [0.25, 0.3) is 12.1 Å². The first-order chi connectivity index (χ1) is 6.68. The van der Waals surface area contributed by atoms with Crippen LogP contribution in [0.3, 0.4) is 0 Å². The fraction of sp³-hybridized carbons (Fsp3) is 0.625. The molecule has 0 aromatic carbocycles. The lowest BCUT2D eigenvalue weighted by Gasteiger charge is -1.92. The third-order valence-corrected chi connectivity index (χ3v) is 1.81. The van der Waals surface area contributed by atoms with Gasteiger partial charge in [0, 0.05) is 12.8 Å². The number of nitrogens with zero attached hydrogens (tertiary/aromatic N) is 2. The van der Waals surface area contributed by atoms with Crippen LogP contribution in [0.5, 0.6) is 0 Å². The molecule has 6 nitrogen and oxygen atoms in total. The number of carboxylic acid groups (broad SMARTS) is 1. The maximum Gasteiger partial charge on any atom is 0.303 e. The van der Waals surface area contributed by atoms with E-state index in [0.29, 0.717) is 13.0 Å². The minimum atomic E-state index is -0.747. The maximum absolute atomic E-state index is 10.2. The number of carbonyl (C=O) groups is 1. The third-order valence-electron chi connectivity index (χ3n) is 1.81. The van der Waals surface area contributed by atoms with E-state index in [0.717, 1.165) is 12.8 Å². The van der Waals surface area contributed by atoms with E-state index in [1.807, 2.05) is 0 Å². The molecule has 1 aromatic heterocycles. The smallest absolute Gasteiger partial charge is 0.303 e. The second kappa shape index (κ2) is 5.21. The Hall–Kier alpha value is -1.59. The molecule has 0 saturated carbocycles.